The molecule has 0 aliphatic heterocycles. The summed E-state index contributed by atoms with van der Waals surface area (Å²) in [6, 6.07) is 14.5. The Morgan fingerprint density at radius 2 is 2.00 bits per heavy atom. The Morgan fingerprint density at radius 3 is 2.74 bits per heavy atom. The van der Waals surface area contributed by atoms with Gasteiger partial charge in [0.25, 0.3) is 0 Å². The van der Waals surface area contributed by atoms with Crippen LogP contribution >= 0.6 is 15.9 Å². The van der Waals surface area contributed by atoms with Crippen molar-refractivity contribution in [1.29, 1.82) is 5.26 Å². The number of benzene rings is 2. The van der Waals surface area contributed by atoms with Gasteiger partial charge in [-0.25, -0.2) is 4.39 Å². The fourth-order valence-corrected chi connectivity index (χ4v) is 2.09. The highest BCUT2D eigenvalue weighted by atomic mass is 79.9. The van der Waals surface area contributed by atoms with Gasteiger partial charge in [-0.15, -0.1) is 0 Å². The topological polar surface area (TPSA) is 35.8 Å². The van der Waals surface area contributed by atoms with Crippen LogP contribution in [0.2, 0.25) is 0 Å². The Labute approximate surface area is 120 Å². The summed E-state index contributed by atoms with van der Waals surface area (Å²) in [5.41, 5.74) is 2.27. The molecule has 0 atom stereocenters. The summed E-state index contributed by atoms with van der Waals surface area (Å²) in [7, 11) is 0. The SMILES string of the molecule is N#Cc1cccc(CNCc2ccc(Br)cc2F)c1. The number of nitrogens with one attached hydrogen (secondary N) is 1. The summed E-state index contributed by atoms with van der Waals surface area (Å²) in [5.74, 6) is -0.229. The summed E-state index contributed by atoms with van der Waals surface area (Å²) in [6.07, 6.45) is 0. The van der Waals surface area contributed by atoms with Gasteiger partial charge >= 0.3 is 0 Å². The molecule has 0 radical (unpaired) electrons. The predicted octanol–water partition coefficient (Wildman–Crippen LogP) is 3.75. The van der Waals surface area contributed by atoms with Gasteiger partial charge in [0.2, 0.25) is 0 Å². The molecule has 0 aliphatic carbocycles. The van der Waals surface area contributed by atoms with Gasteiger partial charge < -0.3 is 5.32 Å². The Hall–Kier alpha value is -1.70. The molecule has 0 aliphatic rings. The van der Waals surface area contributed by atoms with Crippen molar-refractivity contribution in [3.8, 4) is 6.07 Å². The van der Waals surface area contributed by atoms with Crippen LogP contribution in [0.15, 0.2) is 46.9 Å². The first-order valence-corrected chi connectivity index (χ1v) is 6.62. The number of nitriles is 1. The van der Waals surface area contributed by atoms with E-state index in [-0.39, 0.29) is 5.82 Å². The van der Waals surface area contributed by atoms with Gasteiger partial charge in [0.15, 0.2) is 0 Å². The molecular formula is C15H12BrFN2. The first-order chi connectivity index (χ1) is 9.19. The zero-order valence-electron chi connectivity index (χ0n) is 10.2. The van der Waals surface area contributed by atoms with E-state index in [4.69, 9.17) is 5.26 Å². The highest BCUT2D eigenvalue weighted by Crippen LogP contribution is 2.15. The number of nitrogens with zero attached hydrogens (tertiary/aromatic N) is 1. The van der Waals surface area contributed by atoms with E-state index >= 15 is 0 Å². The number of hydrogen-bond donors (Lipinski definition) is 1. The molecule has 0 amide bonds. The quantitative estimate of drug-likeness (QED) is 0.932. The average molecular weight is 319 g/mol. The van der Waals surface area contributed by atoms with Crippen LogP contribution < -0.4 is 5.32 Å². The summed E-state index contributed by atoms with van der Waals surface area (Å²) < 4.78 is 14.3. The minimum atomic E-state index is -0.229. The van der Waals surface area contributed by atoms with Crippen LogP contribution in [0.1, 0.15) is 16.7 Å². The highest BCUT2D eigenvalue weighted by Gasteiger charge is 2.02. The molecule has 0 bridgehead atoms. The average Bonchev–Trinajstić information content (AvgIpc) is 2.41. The van der Waals surface area contributed by atoms with E-state index in [9.17, 15) is 4.39 Å². The zero-order valence-corrected chi connectivity index (χ0v) is 11.7. The summed E-state index contributed by atoms with van der Waals surface area (Å²) in [6.45, 7) is 1.06. The smallest absolute Gasteiger partial charge is 0.128 e. The van der Waals surface area contributed by atoms with Crippen molar-refractivity contribution in [3.63, 3.8) is 0 Å². The second-order valence-electron chi connectivity index (χ2n) is 4.15. The van der Waals surface area contributed by atoms with Crippen LogP contribution in [-0.2, 0) is 13.1 Å². The molecular weight excluding hydrogens is 307 g/mol. The fourth-order valence-electron chi connectivity index (χ4n) is 1.76. The number of halogens is 2. The minimum Gasteiger partial charge on any atom is -0.309 e. The summed E-state index contributed by atoms with van der Waals surface area (Å²) >= 11 is 3.23. The van der Waals surface area contributed by atoms with E-state index in [2.05, 4.69) is 27.3 Å². The van der Waals surface area contributed by atoms with Crippen LogP contribution in [-0.4, -0.2) is 0 Å². The molecule has 0 heterocycles. The molecule has 2 nitrogen and oxygen atoms in total. The molecule has 96 valence electrons. The van der Waals surface area contributed by atoms with Gasteiger partial charge in [-0.05, 0) is 29.8 Å². The third-order valence-corrected chi connectivity index (χ3v) is 3.21. The van der Waals surface area contributed by atoms with E-state index in [0.29, 0.717) is 24.2 Å². The van der Waals surface area contributed by atoms with Crippen LogP contribution in [0.25, 0.3) is 0 Å². The zero-order chi connectivity index (χ0) is 13.7. The molecule has 0 spiro atoms. The Bertz CT molecular complexity index is 620. The van der Waals surface area contributed by atoms with Gasteiger partial charge in [-0.1, -0.05) is 34.1 Å². The van der Waals surface area contributed by atoms with Crippen LogP contribution in [0.5, 0.6) is 0 Å². The molecule has 0 fully saturated rings. The Morgan fingerprint density at radius 1 is 1.16 bits per heavy atom. The lowest BCUT2D eigenvalue weighted by molar-refractivity contribution is 0.587. The van der Waals surface area contributed by atoms with E-state index in [1.54, 1.807) is 12.1 Å². The van der Waals surface area contributed by atoms with Gasteiger partial charge in [-0.2, -0.15) is 5.26 Å². The molecule has 0 unspecified atom stereocenters. The molecule has 0 aromatic heterocycles. The molecule has 1 N–H and O–H groups in total. The lowest BCUT2D eigenvalue weighted by Crippen LogP contribution is -2.13. The Balaban J connectivity index is 1.94. The van der Waals surface area contributed by atoms with Crippen LogP contribution in [0.4, 0.5) is 4.39 Å². The third-order valence-electron chi connectivity index (χ3n) is 2.72. The lowest BCUT2D eigenvalue weighted by atomic mass is 10.1. The van der Waals surface area contributed by atoms with Gasteiger partial charge in [0.1, 0.15) is 5.82 Å². The van der Waals surface area contributed by atoms with E-state index in [0.717, 1.165) is 10.0 Å². The van der Waals surface area contributed by atoms with Crippen molar-refractivity contribution in [2.45, 2.75) is 13.1 Å². The largest absolute Gasteiger partial charge is 0.309 e. The van der Waals surface area contributed by atoms with Crippen molar-refractivity contribution in [2.24, 2.45) is 0 Å². The maximum atomic E-state index is 13.6. The van der Waals surface area contributed by atoms with Gasteiger partial charge in [0.05, 0.1) is 11.6 Å². The molecule has 2 aromatic carbocycles. The minimum absolute atomic E-state index is 0.229. The molecule has 4 heteroatoms. The molecule has 0 saturated carbocycles. The van der Waals surface area contributed by atoms with Crippen molar-refractivity contribution in [2.75, 3.05) is 0 Å². The summed E-state index contributed by atoms with van der Waals surface area (Å²) in [4.78, 5) is 0. The monoisotopic (exact) mass is 318 g/mol. The molecule has 2 rings (SSSR count). The van der Waals surface area contributed by atoms with Crippen LogP contribution in [0.3, 0.4) is 0 Å². The predicted molar refractivity (Wildman–Crippen MR) is 75.8 cm³/mol. The van der Waals surface area contributed by atoms with Crippen molar-refractivity contribution < 1.29 is 4.39 Å². The van der Waals surface area contributed by atoms with Crippen molar-refractivity contribution in [1.82, 2.24) is 5.32 Å². The third kappa shape index (κ3) is 3.88. The van der Waals surface area contributed by atoms with Crippen LogP contribution in [0, 0.1) is 17.1 Å². The number of rotatable bonds is 4. The maximum absolute atomic E-state index is 13.6. The van der Waals surface area contributed by atoms with E-state index < -0.39 is 0 Å². The molecule has 0 saturated heterocycles. The van der Waals surface area contributed by atoms with E-state index in [1.165, 1.54) is 6.07 Å². The molecule has 2 aromatic rings. The summed E-state index contributed by atoms with van der Waals surface area (Å²) in [5, 5.41) is 12.0. The first kappa shape index (κ1) is 13.7. The van der Waals surface area contributed by atoms with Crippen molar-refractivity contribution >= 4 is 15.9 Å². The lowest BCUT2D eigenvalue weighted by Gasteiger charge is -2.07. The standard InChI is InChI=1S/C15H12BrFN2/c16-14-5-4-13(15(17)7-14)10-19-9-12-3-1-2-11(6-12)8-18/h1-7,19H,9-10H2. The normalized spacial score (nSPS) is 10.2. The second kappa shape index (κ2) is 6.46. The highest BCUT2D eigenvalue weighted by molar-refractivity contribution is 9.10. The first-order valence-electron chi connectivity index (χ1n) is 5.83. The maximum Gasteiger partial charge on any atom is 0.128 e. The van der Waals surface area contributed by atoms with Crippen molar-refractivity contribution in [3.05, 3.63) is 69.4 Å². The van der Waals surface area contributed by atoms with Gasteiger partial charge in [-0.3, -0.25) is 0 Å². The fraction of sp³-hybridized carbons (Fsp3) is 0.133. The number of hydrogen-bond acceptors (Lipinski definition) is 2. The Kier molecular flexibility index (Phi) is 4.67. The van der Waals surface area contributed by atoms with Gasteiger partial charge in [0, 0.05) is 23.1 Å². The molecule has 19 heavy (non-hydrogen) atoms. The van der Waals surface area contributed by atoms with E-state index in [1.807, 2.05) is 24.3 Å². The second-order valence-corrected chi connectivity index (χ2v) is 5.07.